The molecular formula is C19H28Br2O. The van der Waals surface area contributed by atoms with Crippen molar-refractivity contribution < 1.29 is 4.79 Å². The molecule has 0 aromatic heterocycles. The van der Waals surface area contributed by atoms with E-state index >= 15 is 0 Å². The molecule has 1 fully saturated rings. The van der Waals surface area contributed by atoms with Crippen LogP contribution in [0, 0.1) is 16.2 Å². The minimum Gasteiger partial charge on any atom is -0.289 e. The largest absolute Gasteiger partial charge is 0.289 e. The van der Waals surface area contributed by atoms with E-state index in [9.17, 15) is 4.79 Å². The van der Waals surface area contributed by atoms with Gasteiger partial charge in [0.25, 0.3) is 0 Å². The van der Waals surface area contributed by atoms with Crippen molar-refractivity contribution in [2.24, 2.45) is 16.2 Å². The first-order valence-electron chi connectivity index (χ1n) is 8.02. The zero-order chi connectivity index (χ0) is 17.1. The van der Waals surface area contributed by atoms with Gasteiger partial charge in [0.2, 0.25) is 0 Å². The Kier molecular flexibility index (Phi) is 4.45. The quantitative estimate of drug-likeness (QED) is 0.416. The molecule has 0 aromatic rings. The van der Waals surface area contributed by atoms with Crippen LogP contribution in [0.1, 0.15) is 61.3 Å². The van der Waals surface area contributed by atoms with Crippen molar-refractivity contribution in [3.05, 3.63) is 23.3 Å². The van der Waals surface area contributed by atoms with Crippen molar-refractivity contribution in [1.82, 2.24) is 0 Å². The molecule has 1 saturated carbocycles. The second kappa shape index (κ2) is 5.31. The number of alkyl halides is 2. The van der Waals surface area contributed by atoms with Gasteiger partial charge in [-0.1, -0.05) is 85.6 Å². The van der Waals surface area contributed by atoms with Crippen molar-refractivity contribution >= 4 is 37.6 Å². The van der Waals surface area contributed by atoms with E-state index in [1.807, 2.05) is 0 Å². The van der Waals surface area contributed by atoms with Gasteiger partial charge in [0.1, 0.15) is 0 Å². The van der Waals surface area contributed by atoms with Crippen LogP contribution in [0.15, 0.2) is 23.3 Å². The van der Waals surface area contributed by atoms with Crippen LogP contribution in [0.5, 0.6) is 0 Å². The minimum absolute atomic E-state index is 0.0223. The van der Waals surface area contributed by atoms with Crippen molar-refractivity contribution in [1.29, 1.82) is 0 Å². The summed E-state index contributed by atoms with van der Waals surface area (Å²) in [5.41, 5.74) is 1.68. The smallest absolute Gasteiger partial charge is 0.185 e. The molecule has 0 saturated heterocycles. The first kappa shape index (κ1) is 18.4. The van der Waals surface area contributed by atoms with Gasteiger partial charge in [-0.3, -0.25) is 4.79 Å². The fourth-order valence-corrected chi connectivity index (χ4v) is 5.05. The van der Waals surface area contributed by atoms with Gasteiger partial charge in [-0.15, -0.1) is 0 Å². The molecule has 2 aliphatic carbocycles. The van der Waals surface area contributed by atoms with Gasteiger partial charge in [0.05, 0.1) is 0 Å². The zero-order valence-corrected chi connectivity index (χ0v) is 18.0. The Bertz CT molecular complexity index is 519. The second-order valence-electron chi connectivity index (χ2n) is 9.30. The maximum absolute atomic E-state index is 13.0. The van der Waals surface area contributed by atoms with Crippen molar-refractivity contribution in [3.63, 3.8) is 0 Å². The summed E-state index contributed by atoms with van der Waals surface area (Å²) in [4.78, 5) is 13.4. The Labute approximate surface area is 152 Å². The van der Waals surface area contributed by atoms with Crippen molar-refractivity contribution in [2.45, 2.75) is 70.5 Å². The standard InChI is InChI=1S/C19H28Br2O/c1-16(2,3)12-8-19(10-14(20)18(7,21)11-19)9-13(15(12)22)17(4,5)6/h8-9,14H,10-11H2,1-7H3. The summed E-state index contributed by atoms with van der Waals surface area (Å²) in [7, 11) is 0. The van der Waals surface area contributed by atoms with Crippen LogP contribution in [-0.2, 0) is 4.79 Å². The second-order valence-corrected chi connectivity index (χ2v) is 12.2. The van der Waals surface area contributed by atoms with E-state index in [0.717, 1.165) is 24.0 Å². The van der Waals surface area contributed by atoms with E-state index in [4.69, 9.17) is 0 Å². The summed E-state index contributed by atoms with van der Waals surface area (Å²) in [5.74, 6) is 0.236. The van der Waals surface area contributed by atoms with Gasteiger partial charge >= 0.3 is 0 Å². The first-order valence-corrected chi connectivity index (χ1v) is 9.73. The molecule has 124 valence electrons. The molecule has 0 bridgehead atoms. The van der Waals surface area contributed by atoms with Gasteiger partial charge in [0.15, 0.2) is 5.78 Å². The highest BCUT2D eigenvalue weighted by molar-refractivity contribution is 9.12. The van der Waals surface area contributed by atoms with Crippen LogP contribution in [0.2, 0.25) is 0 Å². The molecule has 2 atom stereocenters. The summed E-state index contributed by atoms with van der Waals surface area (Å²) in [5, 5.41) is 0. The fourth-order valence-electron chi connectivity index (χ4n) is 3.60. The molecule has 0 radical (unpaired) electrons. The molecule has 22 heavy (non-hydrogen) atoms. The van der Waals surface area contributed by atoms with E-state index in [1.54, 1.807) is 0 Å². The Morgan fingerprint density at radius 1 is 1.05 bits per heavy atom. The molecule has 0 N–H and O–H groups in total. The highest BCUT2D eigenvalue weighted by atomic mass is 79.9. The third kappa shape index (κ3) is 3.31. The molecular weight excluding hydrogens is 404 g/mol. The molecule has 2 aliphatic rings. The Morgan fingerprint density at radius 2 is 1.45 bits per heavy atom. The van der Waals surface area contributed by atoms with Gasteiger partial charge in [-0.05, 0) is 30.6 Å². The van der Waals surface area contributed by atoms with Crippen molar-refractivity contribution in [3.8, 4) is 0 Å². The maximum Gasteiger partial charge on any atom is 0.185 e. The third-order valence-electron chi connectivity index (χ3n) is 4.86. The van der Waals surface area contributed by atoms with E-state index in [0.29, 0.717) is 4.83 Å². The Morgan fingerprint density at radius 3 is 1.73 bits per heavy atom. The summed E-state index contributed by atoms with van der Waals surface area (Å²) in [6, 6.07) is 0. The van der Waals surface area contributed by atoms with Gasteiger partial charge in [-0.25, -0.2) is 0 Å². The number of rotatable bonds is 0. The predicted molar refractivity (Wildman–Crippen MR) is 102 cm³/mol. The first-order chi connectivity index (χ1) is 9.68. The lowest BCUT2D eigenvalue weighted by molar-refractivity contribution is -0.114. The Hall–Kier alpha value is 0.110. The lowest BCUT2D eigenvalue weighted by atomic mass is 9.66. The normalized spacial score (nSPS) is 32.2. The number of allylic oxidation sites excluding steroid dienone is 4. The van der Waals surface area contributed by atoms with Crippen LogP contribution >= 0.6 is 31.9 Å². The Balaban J connectivity index is 2.61. The topological polar surface area (TPSA) is 17.1 Å². The fraction of sp³-hybridized carbons (Fsp3) is 0.737. The number of carbonyl (C=O) groups excluding carboxylic acids is 1. The molecule has 2 rings (SSSR count). The lowest BCUT2D eigenvalue weighted by Crippen LogP contribution is -2.33. The number of hydrogen-bond acceptors (Lipinski definition) is 1. The van der Waals surface area contributed by atoms with Crippen molar-refractivity contribution in [2.75, 3.05) is 0 Å². The van der Waals surface area contributed by atoms with E-state index in [-0.39, 0.29) is 26.4 Å². The zero-order valence-electron chi connectivity index (χ0n) is 14.8. The van der Waals surface area contributed by atoms with Gasteiger partial charge in [-0.2, -0.15) is 0 Å². The predicted octanol–water partition coefficient (Wildman–Crippen LogP) is 6.21. The molecule has 1 spiro atoms. The summed E-state index contributed by atoms with van der Waals surface area (Å²) in [6.07, 6.45) is 6.58. The highest BCUT2D eigenvalue weighted by Gasteiger charge is 2.51. The molecule has 1 nitrogen and oxygen atoms in total. The van der Waals surface area contributed by atoms with Gasteiger partial charge in [0, 0.05) is 25.7 Å². The summed E-state index contributed by atoms with van der Waals surface area (Å²) < 4.78 is 0.0619. The molecule has 0 amide bonds. The third-order valence-corrected chi connectivity index (χ3v) is 7.64. The number of hydrogen-bond donors (Lipinski definition) is 0. The average Bonchev–Trinajstić information content (AvgIpc) is 2.49. The number of ketones is 1. The number of Topliss-reactive ketones (excluding diaryl/α,β-unsaturated/α-hetero) is 1. The van der Waals surface area contributed by atoms with E-state index < -0.39 is 0 Å². The monoisotopic (exact) mass is 430 g/mol. The molecule has 3 heteroatoms. The molecule has 2 unspecified atom stereocenters. The van der Waals surface area contributed by atoms with Crippen LogP contribution < -0.4 is 0 Å². The van der Waals surface area contributed by atoms with E-state index in [1.165, 1.54) is 0 Å². The summed E-state index contributed by atoms with van der Waals surface area (Å²) in [6.45, 7) is 15.1. The van der Waals surface area contributed by atoms with Crippen LogP contribution in [0.4, 0.5) is 0 Å². The van der Waals surface area contributed by atoms with Crippen LogP contribution in [0.3, 0.4) is 0 Å². The average molecular weight is 432 g/mol. The van der Waals surface area contributed by atoms with E-state index in [2.05, 4.69) is 92.5 Å². The minimum atomic E-state index is -0.123. The van der Waals surface area contributed by atoms with Crippen LogP contribution in [-0.4, -0.2) is 14.9 Å². The lowest BCUT2D eigenvalue weighted by Gasteiger charge is -2.38. The van der Waals surface area contributed by atoms with Gasteiger partial charge < -0.3 is 0 Å². The molecule has 0 aliphatic heterocycles. The molecule has 0 aromatic carbocycles. The number of carbonyl (C=O) groups is 1. The number of halogens is 2. The molecule has 0 heterocycles. The van der Waals surface area contributed by atoms with Crippen LogP contribution in [0.25, 0.3) is 0 Å². The highest BCUT2D eigenvalue weighted by Crippen LogP contribution is 2.57. The SMILES string of the molecule is CC(C)(C)C1=CC2(C=C(C(C)(C)C)C1=O)CC(Br)C(C)(Br)C2. The summed E-state index contributed by atoms with van der Waals surface area (Å²) >= 11 is 7.72. The maximum atomic E-state index is 13.0.